The van der Waals surface area contributed by atoms with Gasteiger partial charge in [0.05, 0.1) is 0 Å². The molecule has 1 nitrogen and oxygen atoms in total. The van der Waals surface area contributed by atoms with Gasteiger partial charge in [0.2, 0.25) is 0 Å². The monoisotopic (exact) mass is 199 g/mol. The van der Waals surface area contributed by atoms with Crippen molar-refractivity contribution in [3.63, 3.8) is 0 Å². The molecule has 0 N–H and O–H groups in total. The predicted octanol–water partition coefficient (Wildman–Crippen LogP) is 2.94. The number of likely N-dealkylation sites (N-methyl/N-ethyl adjacent to an activating group) is 1. The lowest BCUT2D eigenvalue weighted by Gasteiger charge is -2.49. The summed E-state index contributed by atoms with van der Waals surface area (Å²) in [5.74, 6) is 0. The highest BCUT2D eigenvalue weighted by molar-refractivity contribution is 7.83. The van der Waals surface area contributed by atoms with Crippen molar-refractivity contribution < 1.29 is 0 Å². The van der Waals surface area contributed by atoms with Gasteiger partial charge in [-0.3, -0.25) is 4.90 Å². The minimum absolute atomic E-state index is 0.303. The van der Waals surface area contributed by atoms with E-state index in [0.717, 1.165) is 6.54 Å². The molecule has 1 rings (SSSR count). The molecule has 0 aromatic rings. The van der Waals surface area contributed by atoms with E-state index < -0.39 is 0 Å². The lowest BCUT2D eigenvalue weighted by atomic mass is 9.71. The molecule has 1 fully saturated rings. The SMILES string of the molecule is CN1C/C(=C\S)C(C)(C)CC1(C)C. The first-order chi connectivity index (χ1) is 5.79. The summed E-state index contributed by atoms with van der Waals surface area (Å²) >= 11 is 4.29. The van der Waals surface area contributed by atoms with E-state index in [1.165, 1.54) is 12.0 Å². The van der Waals surface area contributed by atoms with Crippen LogP contribution < -0.4 is 0 Å². The average molecular weight is 199 g/mol. The van der Waals surface area contributed by atoms with Crippen LogP contribution >= 0.6 is 12.6 Å². The van der Waals surface area contributed by atoms with Crippen LogP contribution in [0.3, 0.4) is 0 Å². The predicted molar refractivity (Wildman–Crippen MR) is 62.2 cm³/mol. The second-order valence-corrected chi connectivity index (χ2v) is 5.64. The van der Waals surface area contributed by atoms with Crippen LogP contribution in [-0.2, 0) is 0 Å². The molecule has 0 bridgehead atoms. The Labute approximate surface area is 87.6 Å². The Hall–Kier alpha value is 0.0500. The molecule has 0 aromatic carbocycles. The molecule has 0 atom stereocenters. The number of piperidine rings is 1. The molecule has 1 heterocycles. The lowest BCUT2D eigenvalue weighted by Crippen LogP contribution is -2.51. The van der Waals surface area contributed by atoms with E-state index in [4.69, 9.17) is 0 Å². The quantitative estimate of drug-likeness (QED) is 0.587. The highest BCUT2D eigenvalue weighted by Gasteiger charge is 2.39. The van der Waals surface area contributed by atoms with Gasteiger partial charge in [0, 0.05) is 12.1 Å². The Morgan fingerprint density at radius 1 is 1.31 bits per heavy atom. The third kappa shape index (κ3) is 2.10. The van der Waals surface area contributed by atoms with Gasteiger partial charge in [0.25, 0.3) is 0 Å². The standard InChI is InChI=1S/C11H21NS/c1-10(2)8-11(3,4)12(5)6-9(10)7-13/h7,13H,6,8H2,1-5H3/b9-7+. The fourth-order valence-electron chi connectivity index (χ4n) is 2.23. The van der Waals surface area contributed by atoms with Crippen LogP contribution in [0.15, 0.2) is 11.0 Å². The molecule has 0 amide bonds. The third-order valence-electron chi connectivity index (χ3n) is 3.34. The number of nitrogens with zero attached hydrogens (tertiary/aromatic N) is 1. The Kier molecular flexibility index (Phi) is 2.84. The van der Waals surface area contributed by atoms with E-state index in [0.29, 0.717) is 11.0 Å². The molecule has 1 saturated heterocycles. The fourth-order valence-corrected chi connectivity index (χ4v) is 2.66. The van der Waals surface area contributed by atoms with Crippen molar-refractivity contribution in [3.8, 4) is 0 Å². The fraction of sp³-hybridized carbons (Fsp3) is 0.818. The zero-order valence-corrected chi connectivity index (χ0v) is 10.3. The van der Waals surface area contributed by atoms with Gasteiger partial charge in [-0.25, -0.2) is 0 Å². The Balaban J connectivity index is 2.92. The van der Waals surface area contributed by atoms with Crippen LogP contribution in [0.4, 0.5) is 0 Å². The normalized spacial score (nSPS) is 30.8. The Morgan fingerprint density at radius 3 is 2.31 bits per heavy atom. The van der Waals surface area contributed by atoms with Gasteiger partial charge in [0.15, 0.2) is 0 Å². The zero-order valence-electron chi connectivity index (χ0n) is 9.39. The number of hydrogen-bond acceptors (Lipinski definition) is 2. The number of likely N-dealkylation sites (tertiary alicyclic amines) is 1. The maximum atomic E-state index is 4.29. The van der Waals surface area contributed by atoms with Gasteiger partial charge in [-0.1, -0.05) is 13.8 Å². The number of rotatable bonds is 0. The maximum absolute atomic E-state index is 4.29. The summed E-state index contributed by atoms with van der Waals surface area (Å²) in [7, 11) is 2.19. The Bertz CT molecular complexity index is 228. The second-order valence-electron chi connectivity index (χ2n) is 5.38. The summed E-state index contributed by atoms with van der Waals surface area (Å²) in [5, 5.41) is 1.98. The largest absolute Gasteiger partial charge is 0.297 e. The Morgan fingerprint density at radius 2 is 1.85 bits per heavy atom. The molecule has 0 unspecified atom stereocenters. The van der Waals surface area contributed by atoms with Crippen molar-refractivity contribution >= 4 is 12.6 Å². The third-order valence-corrected chi connectivity index (χ3v) is 3.65. The summed E-state index contributed by atoms with van der Waals surface area (Å²) in [6, 6.07) is 0. The summed E-state index contributed by atoms with van der Waals surface area (Å²) in [6.07, 6.45) is 1.20. The second kappa shape index (κ2) is 3.32. The van der Waals surface area contributed by atoms with Crippen LogP contribution in [0.25, 0.3) is 0 Å². The zero-order chi connectivity index (χ0) is 10.3. The van der Waals surface area contributed by atoms with Gasteiger partial charge in [-0.05, 0) is 43.7 Å². The molecule has 2 heteroatoms. The summed E-state index contributed by atoms with van der Waals surface area (Å²) in [4.78, 5) is 2.40. The van der Waals surface area contributed by atoms with Crippen LogP contribution in [0.1, 0.15) is 34.1 Å². The van der Waals surface area contributed by atoms with Gasteiger partial charge in [0.1, 0.15) is 0 Å². The summed E-state index contributed by atoms with van der Waals surface area (Å²) in [5.41, 5.74) is 2.05. The molecule has 0 aromatic heterocycles. The first-order valence-electron chi connectivity index (χ1n) is 4.84. The average Bonchev–Trinajstić information content (AvgIpc) is 1.94. The lowest BCUT2D eigenvalue weighted by molar-refractivity contribution is 0.0766. The van der Waals surface area contributed by atoms with Crippen molar-refractivity contribution in [2.45, 2.75) is 39.7 Å². The number of hydrogen-bond donors (Lipinski definition) is 1. The van der Waals surface area contributed by atoms with Gasteiger partial charge in [-0.15, -0.1) is 0 Å². The molecule has 1 aliphatic heterocycles. The van der Waals surface area contributed by atoms with Crippen LogP contribution in [0, 0.1) is 5.41 Å². The van der Waals surface area contributed by atoms with Crippen molar-refractivity contribution in [1.82, 2.24) is 4.90 Å². The molecule has 13 heavy (non-hydrogen) atoms. The van der Waals surface area contributed by atoms with E-state index in [-0.39, 0.29) is 0 Å². The molecular formula is C11H21NS. The molecule has 0 spiro atoms. The van der Waals surface area contributed by atoms with Crippen molar-refractivity contribution in [2.24, 2.45) is 5.41 Å². The smallest absolute Gasteiger partial charge is 0.0208 e. The molecule has 0 saturated carbocycles. The summed E-state index contributed by atoms with van der Waals surface area (Å²) in [6.45, 7) is 10.3. The van der Waals surface area contributed by atoms with Crippen molar-refractivity contribution in [3.05, 3.63) is 11.0 Å². The minimum Gasteiger partial charge on any atom is -0.297 e. The maximum Gasteiger partial charge on any atom is 0.0208 e. The van der Waals surface area contributed by atoms with Crippen LogP contribution in [0.5, 0.6) is 0 Å². The minimum atomic E-state index is 0.303. The van der Waals surface area contributed by atoms with E-state index in [9.17, 15) is 0 Å². The van der Waals surface area contributed by atoms with E-state index >= 15 is 0 Å². The van der Waals surface area contributed by atoms with Crippen LogP contribution in [-0.4, -0.2) is 24.0 Å². The van der Waals surface area contributed by atoms with Crippen LogP contribution in [0.2, 0.25) is 0 Å². The topological polar surface area (TPSA) is 3.24 Å². The van der Waals surface area contributed by atoms with Gasteiger partial charge in [-0.2, -0.15) is 12.6 Å². The molecule has 1 aliphatic rings. The van der Waals surface area contributed by atoms with Crippen molar-refractivity contribution in [1.29, 1.82) is 0 Å². The van der Waals surface area contributed by atoms with Gasteiger partial charge >= 0.3 is 0 Å². The first kappa shape index (κ1) is 11.1. The van der Waals surface area contributed by atoms with E-state index in [2.05, 4.69) is 52.3 Å². The molecule has 76 valence electrons. The van der Waals surface area contributed by atoms with Gasteiger partial charge < -0.3 is 0 Å². The first-order valence-corrected chi connectivity index (χ1v) is 5.36. The van der Waals surface area contributed by atoms with Crippen molar-refractivity contribution in [2.75, 3.05) is 13.6 Å². The van der Waals surface area contributed by atoms with E-state index in [1.54, 1.807) is 0 Å². The van der Waals surface area contributed by atoms with E-state index in [1.807, 2.05) is 5.41 Å². The molecule has 0 aliphatic carbocycles. The highest BCUT2D eigenvalue weighted by atomic mass is 32.1. The molecular weight excluding hydrogens is 178 g/mol. The summed E-state index contributed by atoms with van der Waals surface area (Å²) < 4.78 is 0. The highest BCUT2D eigenvalue weighted by Crippen LogP contribution is 2.42. The number of thiol groups is 1. The molecule has 0 radical (unpaired) electrons.